The Balaban J connectivity index is 2.18. The lowest BCUT2D eigenvalue weighted by atomic mass is 10.0. The molecule has 5 N–H and O–H groups in total. The van der Waals surface area contributed by atoms with Crippen LogP contribution in [-0.2, 0) is 0 Å². The van der Waals surface area contributed by atoms with E-state index in [1.165, 1.54) is 18.9 Å². The molecule has 0 heterocycles. The smallest absolute Gasteiger partial charge is 0.169 e. The summed E-state index contributed by atoms with van der Waals surface area (Å²) < 4.78 is 13.9. The van der Waals surface area contributed by atoms with Gasteiger partial charge in [-0.15, -0.1) is 0 Å². The summed E-state index contributed by atoms with van der Waals surface area (Å²) in [4.78, 5) is 0. The van der Waals surface area contributed by atoms with Crippen LogP contribution in [0.3, 0.4) is 0 Å². The number of halogens is 2. The zero-order valence-electron chi connectivity index (χ0n) is 9.82. The molecule has 5 heteroatoms. The lowest BCUT2D eigenvalue weighted by Crippen LogP contribution is -2.16. The molecule has 0 saturated heterocycles. The molecule has 94 valence electrons. The Bertz CT molecular complexity index is 444. The van der Waals surface area contributed by atoms with E-state index in [2.05, 4.69) is 12.2 Å². The van der Waals surface area contributed by atoms with Crippen molar-refractivity contribution < 1.29 is 4.39 Å². The van der Waals surface area contributed by atoms with Gasteiger partial charge in [-0.2, -0.15) is 0 Å². The summed E-state index contributed by atoms with van der Waals surface area (Å²) >= 11 is 5.76. The van der Waals surface area contributed by atoms with E-state index in [0.717, 1.165) is 13.0 Å². The van der Waals surface area contributed by atoms with Gasteiger partial charge in [0.05, 0.1) is 17.1 Å². The minimum Gasteiger partial charge on any atom is -0.397 e. The summed E-state index contributed by atoms with van der Waals surface area (Å²) in [5.74, 6) is -0.559. The van der Waals surface area contributed by atoms with Crippen molar-refractivity contribution in [3.05, 3.63) is 16.9 Å². The standard InChI is InChI=1S/C12H17ClFN3/c1-2-12(3-4-12)6-17-11-8(16)5-7(15)9(13)10(11)14/h5,17H,2-4,6,15-16H2,1H3. The van der Waals surface area contributed by atoms with Crippen molar-refractivity contribution in [2.24, 2.45) is 5.41 Å². The first-order valence-corrected chi connectivity index (χ1v) is 6.14. The van der Waals surface area contributed by atoms with Gasteiger partial charge in [0.1, 0.15) is 5.02 Å². The fourth-order valence-electron chi connectivity index (χ4n) is 1.95. The van der Waals surface area contributed by atoms with Crippen molar-refractivity contribution in [1.82, 2.24) is 0 Å². The summed E-state index contributed by atoms with van der Waals surface area (Å²) in [5, 5.41) is 3.00. The zero-order chi connectivity index (χ0) is 12.6. The Morgan fingerprint density at radius 2 is 2.06 bits per heavy atom. The predicted octanol–water partition coefficient (Wildman–Crippen LogP) is 3.25. The van der Waals surface area contributed by atoms with Gasteiger partial charge in [-0.3, -0.25) is 0 Å². The van der Waals surface area contributed by atoms with Crippen molar-refractivity contribution in [3.8, 4) is 0 Å². The minimum absolute atomic E-state index is 0.0666. The molecular formula is C12H17ClFN3. The maximum atomic E-state index is 13.9. The average molecular weight is 258 g/mol. The first kappa shape index (κ1) is 12.3. The second-order valence-corrected chi connectivity index (χ2v) is 5.14. The van der Waals surface area contributed by atoms with E-state index in [1.54, 1.807) is 0 Å². The highest BCUT2D eigenvalue weighted by molar-refractivity contribution is 6.33. The summed E-state index contributed by atoms with van der Waals surface area (Å²) in [6.45, 7) is 2.87. The summed E-state index contributed by atoms with van der Waals surface area (Å²) in [6, 6.07) is 1.49. The van der Waals surface area contributed by atoms with Crippen LogP contribution in [0.1, 0.15) is 26.2 Å². The highest BCUT2D eigenvalue weighted by Crippen LogP contribution is 2.49. The van der Waals surface area contributed by atoms with Crippen molar-refractivity contribution in [1.29, 1.82) is 0 Å². The molecular weight excluding hydrogens is 241 g/mol. The van der Waals surface area contributed by atoms with Crippen molar-refractivity contribution in [2.75, 3.05) is 23.3 Å². The molecule has 2 rings (SSSR count). The quantitative estimate of drug-likeness (QED) is 0.726. The van der Waals surface area contributed by atoms with Gasteiger partial charge in [-0.1, -0.05) is 18.5 Å². The van der Waals surface area contributed by atoms with E-state index < -0.39 is 5.82 Å². The average Bonchev–Trinajstić information content (AvgIpc) is 3.07. The molecule has 0 radical (unpaired) electrons. The van der Waals surface area contributed by atoms with Gasteiger partial charge in [0, 0.05) is 6.54 Å². The van der Waals surface area contributed by atoms with Crippen LogP contribution in [0.15, 0.2) is 6.07 Å². The Labute approximate surface area is 105 Å². The lowest BCUT2D eigenvalue weighted by Gasteiger charge is -2.17. The normalized spacial score (nSPS) is 16.9. The summed E-state index contributed by atoms with van der Waals surface area (Å²) in [5.41, 5.74) is 12.3. The van der Waals surface area contributed by atoms with E-state index in [0.29, 0.717) is 11.1 Å². The number of hydrogen-bond acceptors (Lipinski definition) is 3. The Kier molecular flexibility index (Phi) is 3.08. The third-order valence-corrected chi connectivity index (χ3v) is 4.00. The SMILES string of the molecule is CCC1(CNc2c(N)cc(N)c(Cl)c2F)CC1. The summed E-state index contributed by atoms with van der Waals surface area (Å²) in [7, 11) is 0. The van der Waals surface area contributed by atoms with Crippen LogP contribution < -0.4 is 16.8 Å². The third-order valence-electron chi connectivity index (χ3n) is 3.61. The largest absolute Gasteiger partial charge is 0.397 e. The first-order chi connectivity index (χ1) is 7.99. The maximum absolute atomic E-state index is 13.9. The molecule has 1 aromatic rings. The van der Waals surface area contributed by atoms with Crippen LogP contribution >= 0.6 is 11.6 Å². The fourth-order valence-corrected chi connectivity index (χ4v) is 2.10. The van der Waals surface area contributed by atoms with Crippen LogP contribution in [0.2, 0.25) is 5.02 Å². The molecule has 0 unspecified atom stereocenters. The second-order valence-electron chi connectivity index (χ2n) is 4.77. The molecule has 1 aliphatic rings. The highest BCUT2D eigenvalue weighted by atomic mass is 35.5. The molecule has 0 aliphatic heterocycles. The molecule has 0 atom stereocenters. The molecule has 1 aromatic carbocycles. The molecule has 1 aliphatic carbocycles. The summed E-state index contributed by atoms with van der Waals surface area (Å²) in [6.07, 6.45) is 3.45. The van der Waals surface area contributed by atoms with Crippen LogP contribution in [0.25, 0.3) is 0 Å². The Morgan fingerprint density at radius 3 is 2.59 bits per heavy atom. The molecule has 0 bridgehead atoms. The van der Waals surface area contributed by atoms with Gasteiger partial charge in [-0.25, -0.2) is 4.39 Å². The van der Waals surface area contributed by atoms with E-state index in [-0.39, 0.29) is 16.4 Å². The van der Waals surface area contributed by atoms with E-state index in [4.69, 9.17) is 23.1 Å². The number of hydrogen-bond donors (Lipinski definition) is 3. The van der Waals surface area contributed by atoms with Crippen LogP contribution in [0.5, 0.6) is 0 Å². The van der Waals surface area contributed by atoms with Gasteiger partial charge in [0.2, 0.25) is 0 Å². The van der Waals surface area contributed by atoms with E-state index >= 15 is 0 Å². The maximum Gasteiger partial charge on any atom is 0.169 e. The number of nitrogens with one attached hydrogen (secondary N) is 1. The molecule has 1 fully saturated rings. The Hall–Kier alpha value is -1.16. The minimum atomic E-state index is -0.559. The number of rotatable bonds is 4. The first-order valence-electron chi connectivity index (χ1n) is 5.76. The van der Waals surface area contributed by atoms with Crippen LogP contribution in [-0.4, -0.2) is 6.54 Å². The molecule has 0 aromatic heterocycles. The molecule has 1 saturated carbocycles. The predicted molar refractivity (Wildman–Crippen MR) is 70.7 cm³/mol. The van der Waals surface area contributed by atoms with Gasteiger partial charge in [0.25, 0.3) is 0 Å². The van der Waals surface area contributed by atoms with Crippen molar-refractivity contribution in [2.45, 2.75) is 26.2 Å². The lowest BCUT2D eigenvalue weighted by molar-refractivity contribution is 0.519. The second kappa shape index (κ2) is 4.26. The number of benzene rings is 1. The monoisotopic (exact) mass is 257 g/mol. The highest BCUT2D eigenvalue weighted by Gasteiger charge is 2.40. The third kappa shape index (κ3) is 2.27. The van der Waals surface area contributed by atoms with Crippen molar-refractivity contribution >= 4 is 28.7 Å². The number of anilines is 3. The molecule has 0 spiro atoms. The topological polar surface area (TPSA) is 64.1 Å². The van der Waals surface area contributed by atoms with Crippen LogP contribution in [0.4, 0.5) is 21.5 Å². The number of nitrogens with two attached hydrogens (primary N) is 2. The van der Waals surface area contributed by atoms with Crippen LogP contribution in [0, 0.1) is 11.2 Å². The zero-order valence-corrected chi connectivity index (χ0v) is 10.6. The van der Waals surface area contributed by atoms with Gasteiger partial charge in [-0.05, 0) is 30.7 Å². The molecule has 17 heavy (non-hydrogen) atoms. The fraction of sp³-hybridized carbons (Fsp3) is 0.500. The van der Waals surface area contributed by atoms with Gasteiger partial charge in [0.15, 0.2) is 5.82 Å². The molecule has 0 amide bonds. The van der Waals surface area contributed by atoms with E-state index in [9.17, 15) is 4.39 Å². The van der Waals surface area contributed by atoms with Crippen molar-refractivity contribution in [3.63, 3.8) is 0 Å². The number of nitrogen functional groups attached to an aromatic ring is 2. The van der Waals surface area contributed by atoms with E-state index in [1.807, 2.05) is 0 Å². The van der Waals surface area contributed by atoms with Gasteiger partial charge >= 0.3 is 0 Å². The van der Waals surface area contributed by atoms with Gasteiger partial charge < -0.3 is 16.8 Å². The Morgan fingerprint density at radius 1 is 1.41 bits per heavy atom. The molecule has 3 nitrogen and oxygen atoms in total.